The number of carbonyl (C=O) groups excluding carboxylic acids is 1. The van der Waals surface area contributed by atoms with Gasteiger partial charge in [-0.3, -0.25) is 4.79 Å². The molecule has 0 unspecified atom stereocenters. The molecule has 2 aliphatic rings. The molecule has 17 heavy (non-hydrogen) atoms. The summed E-state index contributed by atoms with van der Waals surface area (Å²) in [6.45, 7) is 1.84. The Hall–Kier alpha value is -0.930. The van der Waals surface area contributed by atoms with E-state index in [4.69, 9.17) is 0 Å². The molecule has 0 saturated carbocycles. The molecule has 0 bridgehead atoms. The zero-order valence-electron chi connectivity index (χ0n) is 9.46. The standard InChI is InChI=1S/C13H14FNO.ClH/c14-9-1-2-10-11(7-9)13(8-12(10)16)3-5-15-6-4-13;/h1-2,7,15H,3-6,8H2;1H. The fourth-order valence-corrected chi connectivity index (χ4v) is 3.05. The van der Waals surface area contributed by atoms with Gasteiger partial charge >= 0.3 is 0 Å². The van der Waals surface area contributed by atoms with Gasteiger partial charge in [0.15, 0.2) is 5.78 Å². The third kappa shape index (κ3) is 1.87. The van der Waals surface area contributed by atoms with E-state index in [1.165, 1.54) is 6.07 Å². The second kappa shape index (κ2) is 4.39. The van der Waals surface area contributed by atoms with Crippen LogP contribution in [0.1, 0.15) is 35.2 Å². The van der Waals surface area contributed by atoms with Crippen LogP contribution in [-0.4, -0.2) is 18.9 Å². The van der Waals surface area contributed by atoms with E-state index in [1.54, 1.807) is 12.1 Å². The summed E-state index contributed by atoms with van der Waals surface area (Å²) in [5.74, 6) is -0.0525. The molecule has 1 fully saturated rings. The SMILES string of the molecule is Cl.O=C1CC2(CCNCC2)c2cc(F)ccc21. The van der Waals surface area contributed by atoms with E-state index in [-0.39, 0.29) is 29.4 Å². The van der Waals surface area contributed by atoms with Gasteiger partial charge in [0.05, 0.1) is 0 Å². The smallest absolute Gasteiger partial charge is 0.164 e. The largest absolute Gasteiger partial charge is 0.317 e. The second-order valence-corrected chi connectivity index (χ2v) is 4.82. The zero-order valence-corrected chi connectivity index (χ0v) is 10.3. The van der Waals surface area contributed by atoms with E-state index < -0.39 is 0 Å². The minimum Gasteiger partial charge on any atom is -0.317 e. The summed E-state index contributed by atoms with van der Waals surface area (Å²) >= 11 is 0. The molecule has 2 nitrogen and oxygen atoms in total. The normalized spacial score (nSPS) is 21.1. The summed E-state index contributed by atoms with van der Waals surface area (Å²) in [5, 5.41) is 3.29. The first-order chi connectivity index (χ1) is 7.71. The predicted octanol–water partition coefficient (Wildman–Crippen LogP) is 2.46. The lowest BCUT2D eigenvalue weighted by Crippen LogP contribution is -2.38. The number of rotatable bonds is 0. The van der Waals surface area contributed by atoms with Crippen LogP contribution in [0.25, 0.3) is 0 Å². The summed E-state index contributed by atoms with van der Waals surface area (Å²) in [4.78, 5) is 11.9. The number of ketones is 1. The van der Waals surface area contributed by atoms with Gasteiger partial charge in [0.1, 0.15) is 5.82 Å². The van der Waals surface area contributed by atoms with Crippen molar-refractivity contribution < 1.29 is 9.18 Å². The maximum atomic E-state index is 13.3. The van der Waals surface area contributed by atoms with E-state index in [0.717, 1.165) is 37.1 Å². The molecule has 3 rings (SSSR count). The van der Waals surface area contributed by atoms with Crippen LogP contribution in [0.3, 0.4) is 0 Å². The maximum absolute atomic E-state index is 13.3. The van der Waals surface area contributed by atoms with Crippen molar-refractivity contribution in [3.8, 4) is 0 Å². The van der Waals surface area contributed by atoms with E-state index in [0.29, 0.717) is 6.42 Å². The number of Topliss-reactive ketones (excluding diaryl/α,β-unsaturated/α-hetero) is 1. The number of fused-ring (bicyclic) bond motifs is 2. The first-order valence-corrected chi connectivity index (χ1v) is 5.75. The number of hydrogen-bond donors (Lipinski definition) is 1. The van der Waals surface area contributed by atoms with Crippen molar-refractivity contribution in [1.29, 1.82) is 0 Å². The number of carbonyl (C=O) groups is 1. The van der Waals surface area contributed by atoms with Crippen molar-refractivity contribution in [3.05, 3.63) is 35.1 Å². The molecular formula is C13H15ClFNO. The van der Waals surface area contributed by atoms with Crippen LogP contribution >= 0.6 is 12.4 Å². The Bertz CT molecular complexity index is 455. The summed E-state index contributed by atoms with van der Waals surface area (Å²) in [5.41, 5.74) is 1.60. The van der Waals surface area contributed by atoms with Crippen LogP contribution in [0.2, 0.25) is 0 Å². The number of benzene rings is 1. The Kier molecular flexibility index (Phi) is 3.23. The Balaban J connectivity index is 0.00000108. The van der Waals surface area contributed by atoms with E-state index in [9.17, 15) is 9.18 Å². The molecule has 1 saturated heterocycles. The number of nitrogens with one attached hydrogen (secondary N) is 1. The number of piperidine rings is 1. The molecule has 0 aromatic heterocycles. The summed E-state index contributed by atoms with van der Waals surface area (Å²) in [6, 6.07) is 4.59. The second-order valence-electron chi connectivity index (χ2n) is 4.82. The van der Waals surface area contributed by atoms with Gasteiger partial charge in [-0.15, -0.1) is 12.4 Å². The van der Waals surface area contributed by atoms with Crippen LogP contribution in [0, 0.1) is 5.82 Å². The van der Waals surface area contributed by atoms with Crippen LogP contribution < -0.4 is 5.32 Å². The highest BCUT2D eigenvalue weighted by atomic mass is 35.5. The monoisotopic (exact) mass is 255 g/mol. The molecule has 1 N–H and O–H groups in total. The van der Waals surface area contributed by atoms with Gasteiger partial charge in [0.25, 0.3) is 0 Å². The Morgan fingerprint density at radius 3 is 2.65 bits per heavy atom. The molecule has 1 aliphatic carbocycles. The van der Waals surface area contributed by atoms with Crippen LogP contribution in [0.15, 0.2) is 18.2 Å². The van der Waals surface area contributed by atoms with Crippen LogP contribution in [0.5, 0.6) is 0 Å². The number of hydrogen-bond acceptors (Lipinski definition) is 2. The molecular weight excluding hydrogens is 241 g/mol. The Morgan fingerprint density at radius 1 is 1.24 bits per heavy atom. The molecule has 1 aromatic carbocycles. The molecule has 1 heterocycles. The van der Waals surface area contributed by atoms with Gasteiger partial charge in [-0.05, 0) is 49.7 Å². The fraction of sp³-hybridized carbons (Fsp3) is 0.462. The number of halogens is 2. The van der Waals surface area contributed by atoms with Gasteiger partial charge in [0.2, 0.25) is 0 Å². The molecule has 1 aliphatic heterocycles. The molecule has 0 amide bonds. The Morgan fingerprint density at radius 2 is 1.94 bits per heavy atom. The zero-order chi connectivity index (χ0) is 11.2. The van der Waals surface area contributed by atoms with Crippen molar-refractivity contribution in [2.45, 2.75) is 24.7 Å². The lowest BCUT2D eigenvalue weighted by molar-refractivity contribution is 0.0964. The highest BCUT2D eigenvalue weighted by Gasteiger charge is 2.43. The van der Waals surface area contributed by atoms with E-state index >= 15 is 0 Å². The molecule has 0 radical (unpaired) electrons. The summed E-state index contributed by atoms with van der Waals surface area (Å²) in [6.07, 6.45) is 2.44. The van der Waals surface area contributed by atoms with Crippen LogP contribution in [-0.2, 0) is 5.41 Å². The molecule has 1 aromatic rings. The highest BCUT2D eigenvalue weighted by Crippen LogP contribution is 2.45. The Labute approximate surface area is 106 Å². The fourth-order valence-electron chi connectivity index (χ4n) is 3.05. The predicted molar refractivity (Wildman–Crippen MR) is 66.4 cm³/mol. The molecule has 1 spiro atoms. The van der Waals surface area contributed by atoms with Crippen molar-refractivity contribution in [2.75, 3.05) is 13.1 Å². The molecule has 4 heteroatoms. The van der Waals surface area contributed by atoms with Crippen molar-refractivity contribution >= 4 is 18.2 Å². The average Bonchev–Trinajstić information content (AvgIpc) is 2.53. The summed E-state index contributed by atoms with van der Waals surface area (Å²) < 4.78 is 13.3. The average molecular weight is 256 g/mol. The quantitative estimate of drug-likeness (QED) is 0.772. The van der Waals surface area contributed by atoms with E-state index in [2.05, 4.69) is 5.32 Å². The first-order valence-electron chi connectivity index (χ1n) is 5.75. The van der Waals surface area contributed by atoms with Gasteiger partial charge in [-0.2, -0.15) is 0 Å². The van der Waals surface area contributed by atoms with Gasteiger partial charge in [-0.25, -0.2) is 4.39 Å². The van der Waals surface area contributed by atoms with Crippen molar-refractivity contribution in [3.63, 3.8) is 0 Å². The lowest BCUT2D eigenvalue weighted by Gasteiger charge is -2.34. The minimum atomic E-state index is -0.230. The summed E-state index contributed by atoms with van der Waals surface area (Å²) in [7, 11) is 0. The van der Waals surface area contributed by atoms with E-state index in [1.807, 2.05) is 0 Å². The first kappa shape index (κ1) is 12.5. The highest BCUT2D eigenvalue weighted by molar-refractivity contribution is 6.02. The molecule has 92 valence electrons. The van der Waals surface area contributed by atoms with Gasteiger partial charge in [-0.1, -0.05) is 0 Å². The van der Waals surface area contributed by atoms with Gasteiger partial charge in [0, 0.05) is 17.4 Å². The third-order valence-corrected chi connectivity index (χ3v) is 3.91. The van der Waals surface area contributed by atoms with Crippen molar-refractivity contribution in [1.82, 2.24) is 5.32 Å². The third-order valence-electron chi connectivity index (χ3n) is 3.91. The lowest BCUT2D eigenvalue weighted by atomic mass is 9.74. The van der Waals surface area contributed by atoms with Crippen molar-refractivity contribution in [2.24, 2.45) is 0 Å². The van der Waals surface area contributed by atoms with Gasteiger partial charge < -0.3 is 5.32 Å². The van der Waals surface area contributed by atoms with Crippen LogP contribution in [0.4, 0.5) is 4.39 Å². The maximum Gasteiger partial charge on any atom is 0.164 e. The molecule has 0 atom stereocenters. The topological polar surface area (TPSA) is 29.1 Å². The minimum absolute atomic E-state index is 0.